The zero-order valence-electron chi connectivity index (χ0n) is 21.6. The molecule has 200 valence electrons. The van der Waals surface area contributed by atoms with Crippen LogP contribution in [0.3, 0.4) is 0 Å². The number of rotatable bonds is 7. The second-order valence-electron chi connectivity index (χ2n) is 9.98. The van der Waals surface area contributed by atoms with Gasteiger partial charge < -0.3 is 19.4 Å². The zero-order chi connectivity index (χ0) is 26.8. The van der Waals surface area contributed by atoms with E-state index in [1.165, 1.54) is 5.69 Å². The first-order valence-corrected chi connectivity index (χ1v) is 13.3. The molecule has 6 rings (SSSR count). The number of pyridine rings is 1. The minimum atomic E-state index is -2.34. The molecule has 0 bridgehead atoms. The average molecular weight is 529 g/mol. The Kier molecular flexibility index (Phi) is 7.18. The predicted octanol–water partition coefficient (Wildman–Crippen LogP) is 5.43. The number of nitrogens with one attached hydrogen (secondary N) is 1. The van der Waals surface area contributed by atoms with Crippen LogP contribution in [0, 0.1) is 12.3 Å². The van der Waals surface area contributed by atoms with Crippen LogP contribution in [0.1, 0.15) is 12.0 Å². The maximum absolute atomic E-state index is 12.7. The number of aromatic nitrogens is 2. The lowest BCUT2D eigenvalue weighted by Crippen LogP contribution is -2.36. The lowest BCUT2D eigenvalue weighted by atomic mass is 10.0. The molecule has 0 aliphatic carbocycles. The second kappa shape index (κ2) is 11.0. The number of aromatic amines is 1. The predicted molar refractivity (Wildman–Crippen MR) is 149 cm³/mol. The number of anilines is 1. The van der Waals surface area contributed by atoms with Crippen LogP contribution in [0.15, 0.2) is 60.8 Å². The van der Waals surface area contributed by atoms with E-state index in [1.807, 2.05) is 24.3 Å². The summed E-state index contributed by atoms with van der Waals surface area (Å²) in [5.74, 6) is 3.34. The van der Waals surface area contributed by atoms with Gasteiger partial charge in [0, 0.05) is 49.1 Å². The van der Waals surface area contributed by atoms with Crippen molar-refractivity contribution in [2.24, 2.45) is 0 Å². The molecule has 1 atom stereocenters. The molecule has 39 heavy (non-hydrogen) atoms. The first kappa shape index (κ1) is 25.4. The summed E-state index contributed by atoms with van der Waals surface area (Å²) >= 11 is 0. The van der Waals surface area contributed by atoms with Crippen LogP contribution in [0.5, 0.6) is 5.75 Å². The van der Waals surface area contributed by atoms with E-state index >= 15 is 0 Å². The standard InChI is InChI=1S/C31H30F2N4O2/c1-2-21-17-23(5-8-29(21)39-25-10-12-36(19-25)20-30(32)33)26-9-11-34-31-27(26)18-28(35-31)22-3-6-24(7-4-22)37-13-15-38-16-14-37/h1,3-9,11,17-18,25,30H,10,12-16,19-20H2,(H,34,35)/t25-/m1/s1. The van der Waals surface area contributed by atoms with Crippen LogP contribution in [0.25, 0.3) is 33.4 Å². The van der Waals surface area contributed by atoms with Gasteiger partial charge >= 0.3 is 0 Å². The van der Waals surface area contributed by atoms with Crippen molar-refractivity contribution >= 4 is 16.7 Å². The summed E-state index contributed by atoms with van der Waals surface area (Å²) in [6.07, 6.45) is 5.84. The minimum Gasteiger partial charge on any atom is -0.488 e. The Morgan fingerprint density at radius 3 is 2.62 bits per heavy atom. The Labute approximate surface area is 226 Å². The van der Waals surface area contributed by atoms with Crippen LogP contribution in [0.2, 0.25) is 0 Å². The molecule has 0 unspecified atom stereocenters. The van der Waals surface area contributed by atoms with Crippen LogP contribution in [-0.4, -0.2) is 73.3 Å². The Hall–Kier alpha value is -3.93. The van der Waals surface area contributed by atoms with E-state index in [1.54, 1.807) is 11.1 Å². The van der Waals surface area contributed by atoms with Gasteiger partial charge in [-0.3, -0.25) is 4.90 Å². The summed E-state index contributed by atoms with van der Waals surface area (Å²) in [4.78, 5) is 12.1. The van der Waals surface area contributed by atoms with Gasteiger partial charge in [0.05, 0.1) is 25.3 Å². The average Bonchev–Trinajstić information content (AvgIpc) is 3.60. The lowest BCUT2D eigenvalue weighted by Gasteiger charge is -2.28. The van der Waals surface area contributed by atoms with E-state index in [0.29, 0.717) is 30.8 Å². The molecular weight excluding hydrogens is 498 g/mol. The molecule has 8 heteroatoms. The summed E-state index contributed by atoms with van der Waals surface area (Å²) in [5, 5.41) is 1.000. The third-order valence-electron chi connectivity index (χ3n) is 7.45. The number of nitrogens with zero attached hydrogens (tertiary/aromatic N) is 3. The van der Waals surface area contributed by atoms with Crippen molar-refractivity contribution in [2.45, 2.75) is 19.0 Å². The fraction of sp³-hybridized carbons (Fsp3) is 0.323. The van der Waals surface area contributed by atoms with Gasteiger partial charge in [-0.2, -0.15) is 0 Å². The number of ether oxygens (including phenoxy) is 2. The fourth-order valence-electron chi connectivity index (χ4n) is 5.45. The van der Waals surface area contributed by atoms with Crippen LogP contribution >= 0.6 is 0 Å². The van der Waals surface area contributed by atoms with Crippen LogP contribution in [0.4, 0.5) is 14.5 Å². The van der Waals surface area contributed by atoms with Crippen LogP contribution in [-0.2, 0) is 4.74 Å². The summed E-state index contributed by atoms with van der Waals surface area (Å²) in [5.41, 5.74) is 6.68. The molecule has 2 aliphatic heterocycles. The molecule has 2 aliphatic rings. The molecule has 4 heterocycles. The number of hydrogen-bond donors (Lipinski definition) is 1. The molecule has 0 saturated carbocycles. The van der Waals surface area contributed by atoms with Gasteiger partial charge in [-0.25, -0.2) is 13.8 Å². The van der Waals surface area contributed by atoms with E-state index in [9.17, 15) is 8.78 Å². The smallest absolute Gasteiger partial charge is 0.251 e. The van der Waals surface area contributed by atoms with Crippen molar-refractivity contribution in [1.29, 1.82) is 0 Å². The quantitative estimate of drug-likeness (QED) is 0.324. The van der Waals surface area contributed by atoms with Crippen LogP contribution < -0.4 is 9.64 Å². The number of benzene rings is 2. The number of fused-ring (bicyclic) bond motifs is 1. The summed E-state index contributed by atoms with van der Waals surface area (Å²) < 4.78 is 37.1. The highest BCUT2D eigenvalue weighted by Crippen LogP contribution is 2.34. The third-order valence-corrected chi connectivity index (χ3v) is 7.45. The topological polar surface area (TPSA) is 53.6 Å². The Balaban J connectivity index is 1.23. The summed E-state index contributed by atoms with van der Waals surface area (Å²) in [7, 11) is 0. The first-order chi connectivity index (χ1) is 19.1. The summed E-state index contributed by atoms with van der Waals surface area (Å²) in [6, 6.07) is 18.5. The molecule has 2 aromatic carbocycles. The number of halogens is 2. The van der Waals surface area contributed by atoms with Gasteiger partial charge in [-0.15, -0.1) is 6.42 Å². The first-order valence-electron chi connectivity index (χ1n) is 13.3. The molecule has 0 amide bonds. The van der Waals surface area contributed by atoms with E-state index in [0.717, 1.165) is 59.7 Å². The Morgan fingerprint density at radius 1 is 1.05 bits per heavy atom. The van der Waals surface area contributed by atoms with Crippen molar-refractivity contribution in [1.82, 2.24) is 14.9 Å². The van der Waals surface area contributed by atoms with Crippen molar-refractivity contribution in [3.63, 3.8) is 0 Å². The maximum Gasteiger partial charge on any atom is 0.251 e. The molecule has 2 aromatic heterocycles. The van der Waals surface area contributed by atoms with Gasteiger partial charge in [0.2, 0.25) is 0 Å². The number of hydrogen-bond acceptors (Lipinski definition) is 5. The van der Waals surface area contributed by atoms with E-state index in [-0.39, 0.29) is 12.6 Å². The molecule has 6 nitrogen and oxygen atoms in total. The van der Waals surface area contributed by atoms with Gasteiger partial charge in [0.1, 0.15) is 17.5 Å². The highest BCUT2D eigenvalue weighted by molar-refractivity contribution is 5.96. The van der Waals surface area contributed by atoms with Crippen molar-refractivity contribution in [3.8, 4) is 40.5 Å². The summed E-state index contributed by atoms with van der Waals surface area (Å²) in [6.45, 7) is 4.16. The normalized spacial score (nSPS) is 18.1. The van der Waals surface area contributed by atoms with Gasteiger partial charge in [-0.1, -0.05) is 24.1 Å². The SMILES string of the molecule is C#Cc1cc(-c2ccnc3[nH]c(-c4ccc(N5CCOCC5)cc4)cc23)ccc1O[C@@H]1CCN(CC(F)F)C1. The number of alkyl halides is 2. The molecule has 2 fully saturated rings. The minimum absolute atomic E-state index is 0.156. The molecule has 2 saturated heterocycles. The monoisotopic (exact) mass is 528 g/mol. The molecule has 0 spiro atoms. The van der Waals surface area contributed by atoms with Crippen molar-refractivity contribution in [3.05, 3.63) is 66.4 Å². The third kappa shape index (κ3) is 5.47. The highest BCUT2D eigenvalue weighted by atomic mass is 19.3. The van der Waals surface area contributed by atoms with Gasteiger partial charge in [-0.05, 0) is 59.5 Å². The number of likely N-dealkylation sites (tertiary alicyclic amines) is 1. The molecular formula is C31H30F2N4O2. The number of H-pyrrole nitrogens is 1. The van der Waals surface area contributed by atoms with Crippen molar-refractivity contribution in [2.75, 3.05) is 50.8 Å². The van der Waals surface area contributed by atoms with Gasteiger partial charge in [0.15, 0.2) is 0 Å². The highest BCUT2D eigenvalue weighted by Gasteiger charge is 2.26. The van der Waals surface area contributed by atoms with E-state index in [2.05, 4.69) is 51.1 Å². The number of morpholine rings is 1. The van der Waals surface area contributed by atoms with Gasteiger partial charge in [0.25, 0.3) is 6.43 Å². The van der Waals surface area contributed by atoms with Crippen molar-refractivity contribution < 1.29 is 18.3 Å². The zero-order valence-corrected chi connectivity index (χ0v) is 21.6. The molecule has 1 N–H and O–H groups in total. The number of terminal acetylenes is 1. The Morgan fingerprint density at radius 2 is 1.85 bits per heavy atom. The maximum atomic E-state index is 12.7. The lowest BCUT2D eigenvalue weighted by molar-refractivity contribution is 0.0931. The molecule has 0 radical (unpaired) electrons. The Bertz CT molecular complexity index is 1490. The second-order valence-corrected chi connectivity index (χ2v) is 9.98. The fourth-order valence-corrected chi connectivity index (χ4v) is 5.45. The van der Waals surface area contributed by atoms with E-state index in [4.69, 9.17) is 15.9 Å². The molecule has 4 aromatic rings. The largest absolute Gasteiger partial charge is 0.488 e. The van der Waals surface area contributed by atoms with E-state index < -0.39 is 6.43 Å².